The first-order valence-corrected chi connectivity index (χ1v) is 11.2. The summed E-state index contributed by atoms with van der Waals surface area (Å²) < 4.78 is 30.2. The molecular formula is C27H23F2N3O2. The molecule has 1 fully saturated rings. The van der Waals surface area contributed by atoms with E-state index in [1.54, 1.807) is 49.6 Å². The van der Waals surface area contributed by atoms with Gasteiger partial charge in [0.25, 0.3) is 11.5 Å². The number of hydrogen-bond acceptors (Lipinski definition) is 3. The number of aromatic nitrogens is 2. The van der Waals surface area contributed by atoms with E-state index in [1.165, 1.54) is 28.8 Å². The Morgan fingerprint density at radius 1 is 1.12 bits per heavy atom. The predicted octanol–water partition coefficient (Wildman–Crippen LogP) is 4.91. The lowest BCUT2D eigenvalue weighted by Gasteiger charge is -2.22. The number of benzene rings is 2. The second kappa shape index (κ2) is 8.82. The lowest BCUT2D eigenvalue weighted by molar-refractivity contribution is 0.0931. The molecule has 7 heteroatoms. The van der Waals surface area contributed by atoms with E-state index in [0.717, 1.165) is 18.4 Å². The highest BCUT2D eigenvalue weighted by molar-refractivity contribution is 6.08. The molecule has 0 aliphatic heterocycles. The molecule has 0 bridgehead atoms. The van der Waals surface area contributed by atoms with Crippen LogP contribution in [0, 0.1) is 24.5 Å². The molecule has 2 aromatic heterocycles. The number of amides is 1. The molecule has 0 unspecified atom stereocenters. The summed E-state index contributed by atoms with van der Waals surface area (Å²) in [6.07, 6.45) is 5.09. The minimum atomic E-state index is -0.677. The molecule has 1 amide bonds. The first-order chi connectivity index (χ1) is 16.4. The van der Waals surface area contributed by atoms with Crippen molar-refractivity contribution in [3.8, 4) is 0 Å². The monoisotopic (exact) mass is 459 g/mol. The van der Waals surface area contributed by atoms with Crippen molar-refractivity contribution in [2.24, 2.45) is 5.92 Å². The van der Waals surface area contributed by atoms with Crippen molar-refractivity contribution in [2.75, 3.05) is 0 Å². The van der Waals surface area contributed by atoms with Crippen LogP contribution < -0.4 is 10.9 Å². The summed E-state index contributed by atoms with van der Waals surface area (Å²) in [5.74, 6) is -1.26. The Morgan fingerprint density at radius 3 is 2.56 bits per heavy atom. The lowest BCUT2D eigenvalue weighted by Crippen LogP contribution is -2.34. The molecular weight excluding hydrogens is 436 g/mol. The summed E-state index contributed by atoms with van der Waals surface area (Å²) >= 11 is 0. The Labute approximate surface area is 195 Å². The van der Waals surface area contributed by atoms with E-state index in [0.29, 0.717) is 11.3 Å². The third-order valence-electron chi connectivity index (χ3n) is 6.41. The molecule has 0 spiro atoms. The summed E-state index contributed by atoms with van der Waals surface area (Å²) in [6.45, 7) is 1.86. The van der Waals surface area contributed by atoms with Crippen LogP contribution in [-0.2, 0) is 6.54 Å². The van der Waals surface area contributed by atoms with Crippen molar-refractivity contribution >= 4 is 16.7 Å². The smallest absolute Gasteiger partial charge is 0.261 e. The summed E-state index contributed by atoms with van der Waals surface area (Å²) in [6, 6.07) is 13.7. The van der Waals surface area contributed by atoms with Gasteiger partial charge in [-0.05, 0) is 67.1 Å². The highest BCUT2D eigenvalue weighted by atomic mass is 19.1. The Bertz CT molecular complexity index is 1450. The number of halogens is 2. The van der Waals surface area contributed by atoms with E-state index < -0.39 is 17.3 Å². The van der Waals surface area contributed by atoms with Crippen molar-refractivity contribution in [2.45, 2.75) is 32.4 Å². The van der Waals surface area contributed by atoms with E-state index in [1.807, 2.05) is 0 Å². The van der Waals surface area contributed by atoms with Crippen LogP contribution in [0.15, 0.2) is 71.8 Å². The van der Waals surface area contributed by atoms with Gasteiger partial charge in [0.05, 0.1) is 23.5 Å². The molecule has 1 N–H and O–H groups in total. The Kier molecular flexibility index (Phi) is 5.69. The topological polar surface area (TPSA) is 64.0 Å². The fraction of sp³-hybridized carbons (Fsp3) is 0.222. The molecule has 4 aromatic rings. The van der Waals surface area contributed by atoms with Gasteiger partial charge in [0, 0.05) is 23.5 Å². The molecule has 1 atom stereocenters. The van der Waals surface area contributed by atoms with Crippen LogP contribution in [0.2, 0.25) is 0 Å². The summed E-state index contributed by atoms with van der Waals surface area (Å²) in [5.41, 5.74) is 1.67. The largest absolute Gasteiger partial charge is 0.345 e. The number of carbonyl (C=O) groups excluding carboxylic acids is 1. The number of fused-ring (bicyclic) bond motifs is 1. The molecule has 2 aromatic carbocycles. The fourth-order valence-corrected chi connectivity index (χ4v) is 4.53. The molecule has 0 radical (unpaired) electrons. The van der Waals surface area contributed by atoms with Gasteiger partial charge in [-0.1, -0.05) is 24.3 Å². The second-order valence-corrected chi connectivity index (χ2v) is 8.71. The number of rotatable bonds is 6. The van der Waals surface area contributed by atoms with E-state index in [4.69, 9.17) is 0 Å². The molecule has 1 aliphatic carbocycles. The van der Waals surface area contributed by atoms with E-state index >= 15 is 0 Å². The van der Waals surface area contributed by atoms with Crippen LogP contribution in [-0.4, -0.2) is 15.5 Å². The average molecular weight is 459 g/mol. The molecule has 0 saturated heterocycles. The Morgan fingerprint density at radius 2 is 1.85 bits per heavy atom. The van der Waals surface area contributed by atoms with Crippen molar-refractivity contribution < 1.29 is 13.6 Å². The minimum absolute atomic E-state index is 0.124. The van der Waals surface area contributed by atoms with Crippen molar-refractivity contribution in [3.05, 3.63) is 111 Å². The maximum absolute atomic E-state index is 14.9. The maximum atomic E-state index is 14.9. The number of nitrogens with zero attached hydrogens (tertiary/aromatic N) is 2. The second-order valence-electron chi connectivity index (χ2n) is 8.71. The van der Waals surface area contributed by atoms with Gasteiger partial charge >= 0.3 is 0 Å². The molecule has 34 heavy (non-hydrogen) atoms. The minimum Gasteiger partial charge on any atom is -0.345 e. The van der Waals surface area contributed by atoms with Crippen LogP contribution in [0.5, 0.6) is 0 Å². The molecule has 5 nitrogen and oxygen atoms in total. The van der Waals surface area contributed by atoms with Crippen molar-refractivity contribution in [1.29, 1.82) is 0 Å². The van der Waals surface area contributed by atoms with Crippen molar-refractivity contribution in [1.82, 2.24) is 14.9 Å². The molecule has 5 rings (SSSR count). The average Bonchev–Trinajstić information content (AvgIpc) is 3.66. The normalized spacial score (nSPS) is 14.2. The SMILES string of the molecule is Cc1c(C(=O)N[C@H](c2cccc(F)c2)C2CC2)c2cccc(F)c2c(=O)n1Cc1ccncc1. The van der Waals surface area contributed by atoms with Crippen LogP contribution in [0.4, 0.5) is 8.78 Å². The van der Waals surface area contributed by atoms with Gasteiger partial charge in [0.15, 0.2) is 0 Å². The van der Waals surface area contributed by atoms with Gasteiger partial charge in [0.1, 0.15) is 11.6 Å². The van der Waals surface area contributed by atoms with E-state index in [9.17, 15) is 18.4 Å². The van der Waals surface area contributed by atoms with Crippen LogP contribution >= 0.6 is 0 Å². The van der Waals surface area contributed by atoms with E-state index in [2.05, 4.69) is 10.3 Å². The zero-order chi connectivity index (χ0) is 23.8. The number of nitrogens with one attached hydrogen (secondary N) is 1. The highest BCUT2D eigenvalue weighted by Crippen LogP contribution is 2.41. The molecule has 1 aliphatic rings. The van der Waals surface area contributed by atoms with Crippen molar-refractivity contribution in [3.63, 3.8) is 0 Å². The van der Waals surface area contributed by atoms with Gasteiger partial charge in [-0.25, -0.2) is 8.78 Å². The third kappa shape index (κ3) is 4.09. The summed E-state index contributed by atoms with van der Waals surface area (Å²) in [5, 5.41) is 3.19. The number of carbonyl (C=O) groups is 1. The fourth-order valence-electron chi connectivity index (χ4n) is 4.53. The maximum Gasteiger partial charge on any atom is 0.261 e. The van der Waals surface area contributed by atoms with Crippen LogP contribution in [0.3, 0.4) is 0 Å². The first kappa shape index (κ1) is 21.9. The molecule has 2 heterocycles. The summed E-state index contributed by atoms with van der Waals surface area (Å²) in [7, 11) is 0. The summed E-state index contributed by atoms with van der Waals surface area (Å²) in [4.78, 5) is 30.9. The number of hydrogen-bond donors (Lipinski definition) is 1. The number of pyridine rings is 2. The standard InChI is InChI=1S/C27H23F2N3O2/c1-16-23(26(33)31-25(18-8-9-18)19-4-2-5-20(28)14-19)21-6-3-7-22(29)24(21)27(34)32(16)15-17-10-12-30-13-11-17/h2-7,10-14,18,25H,8-9,15H2,1H3,(H,31,33)/t25-/m0/s1. The van der Waals surface area contributed by atoms with Gasteiger partial charge in [0.2, 0.25) is 0 Å². The van der Waals surface area contributed by atoms with Gasteiger partial charge in [-0.15, -0.1) is 0 Å². The Hall–Kier alpha value is -3.87. The van der Waals surface area contributed by atoms with Gasteiger partial charge in [-0.3, -0.25) is 14.6 Å². The van der Waals surface area contributed by atoms with E-state index in [-0.39, 0.29) is 40.7 Å². The zero-order valence-electron chi connectivity index (χ0n) is 18.6. The quantitative estimate of drug-likeness (QED) is 0.446. The van der Waals surface area contributed by atoms with Gasteiger partial charge < -0.3 is 9.88 Å². The highest BCUT2D eigenvalue weighted by Gasteiger charge is 2.34. The lowest BCUT2D eigenvalue weighted by atomic mass is 9.99. The first-order valence-electron chi connectivity index (χ1n) is 11.2. The van der Waals surface area contributed by atoms with Crippen LogP contribution in [0.25, 0.3) is 10.8 Å². The van der Waals surface area contributed by atoms with Crippen LogP contribution in [0.1, 0.15) is 46.1 Å². The molecule has 172 valence electrons. The van der Waals surface area contributed by atoms with Gasteiger partial charge in [-0.2, -0.15) is 0 Å². The predicted molar refractivity (Wildman–Crippen MR) is 126 cm³/mol. The third-order valence-corrected chi connectivity index (χ3v) is 6.41. The Balaban J connectivity index is 1.62. The molecule has 1 saturated carbocycles. The zero-order valence-corrected chi connectivity index (χ0v) is 18.6.